The van der Waals surface area contributed by atoms with Crippen LogP contribution < -0.4 is 15.8 Å². The van der Waals surface area contributed by atoms with Crippen LogP contribution in [0.4, 0.5) is 5.69 Å². The molecule has 3 N–H and O–H groups in total. The molecule has 0 saturated heterocycles. The first kappa shape index (κ1) is 14.7. The summed E-state index contributed by atoms with van der Waals surface area (Å²) in [5.41, 5.74) is 6.34. The van der Waals surface area contributed by atoms with Gasteiger partial charge in [0.15, 0.2) is 0 Å². The number of nitrogens with two attached hydrogens (primary N) is 1. The predicted octanol–water partition coefficient (Wildman–Crippen LogP) is 2.73. The number of anilines is 1. The van der Waals surface area contributed by atoms with Crippen LogP contribution >= 0.6 is 0 Å². The van der Waals surface area contributed by atoms with Gasteiger partial charge in [-0.15, -0.1) is 0 Å². The molecule has 0 bridgehead atoms. The molecule has 1 amide bonds. The molecule has 4 heteroatoms. The van der Waals surface area contributed by atoms with Crippen LogP contribution in [0.3, 0.4) is 0 Å². The molecule has 4 nitrogen and oxygen atoms in total. The Labute approximate surface area is 120 Å². The third-order valence-corrected chi connectivity index (χ3v) is 3.75. The molecule has 0 atom stereocenters. The molecule has 0 aliphatic heterocycles. The van der Waals surface area contributed by atoms with Crippen LogP contribution in [-0.4, -0.2) is 19.1 Å². The average molecular weight is 276 g/mol. The molecular weight excluding hydrogens is 252 g/mol. The number of rotatable bonds is 6. The van der Waals surface area contributed by atoms with Gasteiger partial charge in [0.25, 0.3) is 0 Å². The van der Waals surface area contributed by atoms with Gasteiger partial charge < -0.3 is 15.8 Å². The molecule has 1 aromatic carbocycles. The van der Waals surface area contributed by atoms with Gasteiger partial charge in [-0.3, -0.25) is 4.79 Å². The maximum atomic E-state index is 11.9. The van der Waals surface area contributed by atoms with Gasteiger partial charge in [0, 0.05) is 18.2 Å². The molecule has 1 aliphatic rings. The predicted molar refractivity (Wildman–Crippen MR) is 80.6 cm³/mol. The van der Waals surface area contributed by atoms with E-state index in [1.807, 2.05) is 24.3 Å². The number of carbonyl (C=O) groups excluding carboxylic acids is 1. The zero-order valence-corrected chi connectivity index (χ0v) is 11.9. The number of nitrogens with one attached hydrogen (secondary N) is 1. The van der Waals surface area contributed by atoms with Crippen LogP contribution in [0.2, 0.25) is 0 Å². The van der Waals surface area contributed by atoms with E-state index in [1.54, 1.807) is 0 Å². The van der Waals surface area contributed by atoms with Crippen molar-refractivity contribution in [2.24, 2.45) is 5.92 Å². The van der Waals surface area contributed by atoms with E-state index in [0.717, 1.165) is 30.7 Å². The minimum atomic E-state index is 0.220. The number of hydrogen-bond donors (Lipinski definition) is 2. The Morgan fingerprint density at radius 1 is 1.20 bits per heavy atom. The Hall–Kier alpha value is -1.71. The minimum absolute atomic E-state index is 0.220. The molecule has 0 spiro atoms. The Morgan fingerprint density at radius 2 is 1.90 bits per heavy atom. The van der Waals surface area contributed by atoms with Gasteiger partial charge in [0.2, 0.25) is 5.91 Å². The molecular formula is C16H24N2O2. The minimum Gasteiger partial charge on any atom is -0.494 e. The normalized spacial score (nSPS) is 15.8. The second kappa shape index (κ2) is 7.78. The van der Waals surface area contributed by atoms with Crippen molar-refractivity contribution < 1.29 is 9.53 Å². The van der Waals surface area contributed by atoms with E-state index in [-0.39, 0.29) is 11.8 Å². The third kappa shape index (κ3) is 4.76. The molecule has 20 heavy (non-hydrogen) atoms. The average Bonchev–Trinajstić information content (AvgIpc) is 2.49. The van der Waals surface area contributed by atoms with Crippen molar-refractivity contribution in [1.29, 1.82) is 0 Å². The van der Waals surface area contributed by atoms with E-state index in [4.69, 9.17) is 10.5 Å². The van der Waals surface area contributed by atoms with Crippen molar-refractivity contribution in [2.45, 2.75) is 38.5 Å². The molecule has 1 aromatic rings. The van der Waals surface area contributed by atoms with E-state index < -0.39 is 0 Å². The summed E-state index contributed by atoms with van der Waals surface area (Å²) in [6, 6.07) is 7.35. The maximum Gasteiger partial charge on any atom is 0.223 e. The highest BCUT2D eigenvalue weighted by atomic mass is 16.5. The fourth-order valence-corrected chi connectivity index (χ4v) is 2.55. The second-order valence-corrected chi connectivity index (χ2v) is 5.40. The summed E-state index contributed by atoms with van der Waals surface area (Å²) in [5.74, 6) is 1.27. The second-order valence-electron chi connectivity index (χ2n) is 5.40. The highest BCUT2D eigenvalue weighted by molar-refractivity contribution is 5.78. The lowest BCUT2D eigenvalue weighted by Gasteiger charge is -2.20. The molecule has 110 valence electrons. The summed E-state index contributed by atoms with van der Waals surface area (Å²) in [5, 5.41) is 3.01. The number of amides is 1. The summed E-state index contributed by atoms with van der Waals surface area (Å²) in [6.07, 6.45) is 6.58. The van der Waals surface area contributed by atoms with Crippen molar-refractivity contribution >= 4 is 11.6 Å². The number of hydrogen-bond acceptors (Lipinski definition) is 3. The van der Waals surface area contributed by atoms with E-state index >= 15 is 0 Å². The van der Waals surface area contributed by atoms with E-state index in [9.17, 15) is 4.79 Å². The highest BCUT2D eigenvalue weighted by Gasteiger charge is 2.20. The first-order chi connectivity index (χ1) is 9.75. The van der Waals surface area contributed by atoms with Gasteiger partial charge in [-0.2, -0.15) is 0 Å². The Balaban J connectivity index is 1.57. The smallest absolute Gasteiger partial charge is 0.223 e. The molecule has 2 rings (SSSR count). The van der Waals surface area contributed by atoms with Gasteiger partial charge in [-0.1, -0.05) is 19.3 Å². The number of nitrogen functional groups attached to an aromatic ring is 1. The Morgan fingerprint density at radius 3 is 2.60 bits per heavy atom. The zero-order valence-electron chi connectivity index (χ0n) is 11.9. The standard InChI is InChI=1S/C16H24N2O2/c17-14-7-9-15(10-8-14)20-12-4-11-18-16(19)13-5-2-1-3-6-13/h7-10,13H,1-6,11-12,17H2,(H,18,19). The van der Waals surface area contributed by atoms with Crippen molar-refractivity contribution in [3.05, 3.63) is 24.3 Å². The fraction of sp³-hybridized carbons (Fsp3) is 0.562. The molecule has 0 unspecified atom stereocenters. The van der Waals surface area contributed by atoms with Crippen LogP contribution in [0.1, 0.15) is 38.5 Å². The van der Waals surface area contributed by atoms with Gasteiger partial charge in [0.05, 0.1) is 6.61 Å². The van der Waals surface area contributed by atoms with Crippen LogP contribution in [0.15, 0.2) is 24.3 Å². The summed E-state index contributed by atoms with van der Waals surface area (Å²) in [6.45, 7) is 1.29. The van der Waals surface area contributed by atoms with Crippen LogP contribution in [-0.2, 0) is 4.79 Å². The first-order valence-corrected chi connectivity index (χ1v) is 7.52. The highest BCUT2D eigenvalue weighted by Crippen LogP contribution is 2.23. The largest absolute Gasteiger partial charge is 0.494 e. The Bertz CT molecular complexity index is 411. The van der Waals surface area contributed by atoms with E-state index in [1.165, 1.54) is 19.3 Å². The lowest BCUT2D eigenvalue weighted by Crippen LogP contribution is -2.33. The molecule has 0 heterocycles. The summed E-state index contributed by atoms with van der Waals surface area (Å²) < 4.78 is 5.58. The van der Waals surface area contributed by atoms with Gasteiger partial charge in [-0.05, 0) is 43.5 Å². The SMILES string of the molecule is Nc1ccc(OCCCNC(=O)C2CCCCC2)cc1. The monoisotopic (exact) mass is 276 g/mol. The van der Waals surface area contributed by atoms with Gasteiger partial charge >= 0.3 is 0 Å². The number of ether oxygens (including phenoxy) is 1. The molecule has 0 aromatic heterocycles. The maximum absolute atomic E-state index is 11.9. The van der Waals surface area contributed by atoms with Crippen molar-refractivity contribution in [2.75, 3.05) is 18.9 Å². The van der Waals surface area contributed by atoms with E-state index in [0.29, 0.717) is 13.2 Å². The molecule has 1 saturated carbocycles. The number of carbonyl (C=O) groups is 1. The number of benzene rings is 1. The van der Waals surface area contributed by atoms with Crippen molar-refractivity contribution in [3.63, 3.8) is 0 Å². The van der Waals surface area contributed by atoms with Crippen LogP contribution in [0.5, 0.6) is 5.75 Å². The first-order valence-electron chi connectivity index (χ1n) is 7.52. The molecule has 1 fully saturated rings. The fourth-order valence-electron chi connectivity index (χ4n) is 2.55. The van der Waals surface area contributed by atoms with Crippen LogP contribution in [0.25, 0.3) is 0 Å². The third-order valence-electron chi connectivity index (χ3n) is 3.75. The summed E-state index contributed by atoms with van der Waals surface area (Å²) in [7, 11) is 0. The van der Waals surface area contributed by atoms with Gasteiger partial charge in [0.1, 0.15) is 5.75 Å². The van der Waals surface area contributed by atoms with E-state index in [2.05, 4.69) is 5.32 Å². The topological polar surface area (TPSA) is 64.3 Å². The quantitative estimate of drug-likeness (QED) is 0.620. The van der Waals surface area contributed by atoms with Gasteiger partial charge in [-0.25, -0.2) is 0 Å². The summed E-state index contributed by atoms with van der Waals surface area (Å²) >= 11 is 0. The van der Waals surface area contributed by atoms with Crippen molar-refractivity contribution in [3.8, 4) is 5.75 Å². The lowest BCUT2D eigenvalue weighted by atomic mass is 9.89. The zero-order chi connectivity index (χ0) is 14.2. The molecule has 0 radical (unpaired) electrons. The van der Waals surface area contributed by atoms with Crippen LogP contribution in [0, 0.1) is 5.92 Å². The Kier molecular flexibility index (Phi) is 5.71. The lowest BCUT2D eigenvalue weighted by molar-refractivity contribution is -0.125. The summed E-state index contributed by atoms with van der Waals surface area (Å²) in [4.78, 5) is 11.9. The van der Waals surface area contributed by atoms with Crippen molar-refractivity contribution in [1.82, 2.24) is 5.32 Å². The molecule has 1 aliphatic carbocycles.